The van der Waals surface area contributed by atoms with Crippen LogP contribution in [0.5, 0.6) is 0 Å². The molecule has 178 valence electrons. The zero-order valence-electron chi connectivity index (χ0n) is 19.3. The molecule has 11 heteroatoms. The Hall–Kier alpha value is -3.34. The smallest absolute Gasteiger partial charge is 0.321 e. The number of nitrogens with zero attached hydrogens (tertiary/aromatic N) is 3. The Labute approximate surface area is 201 Å². The highest BCUT2D eigenvalue weighted by atomic mass is 16.2. The number of hydrogen-bond donors (Lipinski definition) is 5. The fourth-order valence-electron chi connectivity index (χ4n) is 4.06. The highest BCUT2D eigenvalue weighted by Crippen LogP contribution is 2.19. The molecule has 1 aromatic heterocycles. The topological polar surface area (TPSA) is 123 Å². The summed E-state index contributed by atoms with van der Waals surface area (Å²) in [6.07, 6.45) is 6.32. The van der Waals surface area contributed by atoms with E-state index in [-0.39, 0.29) is 18.0 Å². The predicted molar refractivity (Wildman–Crippen MR) is 134 cm³/mol. The van der Waals surface area contributed by atoms with E-state index in [4.69, 9.17) is 7.85 Å². The summed E-state index contributed by atoms with van der Waals surface area (Å²) in [5, 5.41) is 15.4. The quantitative estimate of drug-likeness (QED) is 0.281. The molecule has 0 spiro atoms. The minimum Gasteiger partial charge on any atom is -0.370 e. The maximum atomic E-state index is 12.3. The van der Waals surface area contributed by atoms with Gasteiger partial charge in [0.05, 0.1) is 6.04 Å². The van der Waals surface area contributed by atoms with E-state index in [1.165, 1.54) is 0 Å². The van der Waals surface area contributed by atoms with E-state index in [1.54, 1.807) is 6.20 Å². The normalized spacial score (nSPS) is 17.4. The summed E-state index contributed by atoms with van der Waals surface area (Å²) in [5.74, 6) is 0.976. The number of nitrogens with one attached hydrogen (secondary N) is 5. The summed E-state index contributed by atoms with van der Waals surface area (Å²) in [6, 6.07) is 7.26. The first-order valence-corrected chi connectivity index (χ1v) is 11.9. The molecule has 2 aromatic rings. The van der Waals surface area contributed by atoms with Crippen LogP contribution < -0.4 is 32.0 Å². The highest BCUT2D eigenvalue weighted by molar-refractivity contribution is 6.35. The van der Waals surface area contributed by atoms with Gasteiger partial charge in [0.15, 0.2) is 0 Å². The van der Waals surface area contributed by atoms with Gasteiger partial charge in [-0.25, -0.2) is 9.78 Å². The molecule has 0 saturated carbocycles. The summed E-state index contributed by atoms with van der Waals surface area (Å²) >= 11 is 0. The van der Waals surface area contributed by atoms with E-state index in [0.29, 0.717) is 36.0 Å². The molecule has 0 unspecified atom stereocenters. The molecule has 4 rings (SSSR count). The van der Waals surface area contributed by atoms with E-state index < -0.39 is 0 Å². The van der Waals surface area contributed by atoms with E-state index in [1.807, 2.05) is 29.2 Å². The van der Waals surface area contributed by atoms with Crippen molar-refractivity contribution in [1.82, 2.24) is 25.5 Å². The van der Waals surface area contributed by atoms with Gasteiger partial charge in [-0.1, -0.05) is 6.07 Å². The standard InChI is InChI=1S/C23H31BN8O2/c24-18-15-28-22(31-20(18)26-10-5-11-27-21(33)19-8-4-9-25-19)29-16-6-3-7-17(14-16)30-23(34)32-12-1-2-13-32/h3,6-7,14-15,19,25H,1-2,4-5,8-13H2,(H,27,33)(H,30,34)(H2,26,28,29,31)/t19-/m0/s1. The van der Waals surface area contributed by atoms with Crippen molar-refractivity contribution in [2.24, 2.45) is 0 Å². The second-order valence-corrected chi connectivity index (χ2v) is 8.55. The first-order chi connectivity index (χ1) is 16.6. The number of aromatic nitrogens is 2. The number of anilines is 4. The van der Waals surface area contributed by atoms with E-state index in [2.05, 4.69) is 36.6 Å². The van der Waals surface area contributed by atoms with Crippen molar-refractivity contribution < 1.29 is 9.59 Å². The maximum Gasteiger partial charge on any atom is 0.321 e. The Bertz CT molecular complexity index is 993. The third-order valence-electron chi connectivity index (χ3n) is 5.90. The number of hydrogen-bond acceptors (Lipinski definition) is 7. The van der Waals surface area contributed by atoms with Crippen LogP contribution in [0.4, 0.5) is 27.9 Å². The molecule has 3 heterocycles. The molecule has 10 nitrogen and oxygen atoms in total. The number of carbonyl (C=O) groups excluding carboxylic acids is 2. The Morgan fingerprint density at radius 2 is 1.97 bits per heavy atom. The molecule has 2 aliphatic heterocycles. The highest BCUT2D eigenvalue weighted by Gasteiger charge is 2.21. The van der Waals surface area contributed by atoms with Crippen molar-refractivity contribution in [3.63, 3.8) is 0 Å². The third kappa shape index (κ3) is 6.60. The van der Waals surface area contributed by atoms with Crippen LogP contribution in [0.25, 0.3) is 0 Å². The van der Waals surface area contributed by atoms with Gasteiger partial charge in [0.1, 0.15) is 13.7 Å². The van der Waals surface area contributed by atoms with Gasteiger partial charge < -0.3 is 31.5 Å². The van der Waals surface area contributed by atoms with Crippen LogP contribution in [0.1, 0.15) is 32.1 Å². The monoisotopic (exact) mass is 462 g/mol. The zero-order chi connectivity index (χ0) is 23.8. The van der Waals surface area contributed by atoms with Crippen LogP contribution in [0.3, 0.4) is 0 Å². The van der Waals surface area contributed by atoms with Crippen molar-refractivity contribution in [2.75, 3.05) is 48.7 Å². The van der Waals surface area contributed by atoms with Crippen molar-refractivity contribution in [1.29, 1.82) is 0 Å². The molecule has 1 aromatic carbocycles. The van der Waals surface area contributed by atoms with Crippen molar-refractivity contribution in [3.05, 3.63) is 30.5 Å². The summed E-state index contributed by atoms with van der Waals surface area (Å²) < 4.78 is 0. The second kappa shape index (κ2) is 11.7. The van der Waals surface area contributed by atoms with Crippen molar-refractivity contribution in [2.45, 2.75) is 38.1 Å². The number of carbonyl (C=O) groups is 2. The van der Waals surface area contributed by atoms with Gasteiger partial charge in [-0.15, -0.1) is 0 Å². The SMILES string of the molecule is [B]c1cnc(Nc2cccc(NC(=O)N3CCCC3)c2)nc1NCCCNC(=O)[C@@H]1CCCN1. The molecular formula is C23H31BN8O2. The first-order valence-electron chi connectivity index (χ1n) is 11.9. The zero-order valence-corrected chi connectivity index (χ0v) is 19.3. The summed E-state index contributed by atoms with van der Waals surface area (Å²) in [6.45, 7) is 3.68. The molecule has 0 bridgehead atoms. The maximum absolute atomic E-state index is 12.3. The fraction of sp³-hybridized carbons (Fsp3) is 0.478. The number of likely N-dealkylation sites (tertiary alicyclic amines) is 1. The molecule has 3 amide bonds. The fourth-order valence-corrected chi connectivity index (χ4v) is 4.06. The van der Waals surface area contributed by atoms with Crippen LogP contribution >= 0.6 is 0 Å². The van der Waals surface area contributed by atoms with E-state index in [0.717, 1.165) is 57.4 Å². The number of urea groups is 1. The molecule has 2 radical (unpaired) electrons. The van der Waals surface area contributed by atoms with E-state index >= 15 is 0 Å². The van der Waals surface area contributed by atoms with Gasteiger partial charge in [0, 0.05) is 43.8 Å². The van der Waals surface area contributed by atoms with Crippen molar-refractivity contribution >= 4 is 48.4 Å². The van der Waals surface area contributed by atoms with E-state index in [9.17, 15) is 9.59 Å². The van der Waals surface area contributed by atoms with Gasteiger partial charge in [-0.3, -0.25) is 4.79 Å². The molecule has 2 aliphatic rings. The average Bonchev–Trinajstić information content (AvgIpc) is 3.56. The largest absolute Gasteiger partial charge is 0.370 e. The molecule has 0 aliphatic carbocycles. The predicted octanol–water partition coefficient (Wildman–Crippen LogP) is 1.31. The van der Waals surface area contributed by atoms with Gasteiger partial charge in [0.25, 0.3) is 0 Å². The van der Waals surface area contributed by atoms with Gasteiger partial charge >= 0.3 is 6.03 Å². The number of rotatable bonds is 9. The van der Waals surface area contributed by atoms with Crippen LogP contribution in [-0.2, 0) is 4.79 Å². The molecule has 5 N–H and O–H groups in total. The molecule has 2 fully saturated rings. The van der Waals surface area contributed by atoms with Crippen LogP contribution in [0.2, 0.25) is 0 Å². The number of amides is 3. The van der Waals surface area contributed by atoms with Gasteiger partial charge in [-0.2, -0.15) is 4.98 Å². The lowest BCUT2D eigenvalue weighted by Gasteiger charge is -2.16. The first kappa shape index (κ1) is 23.8. The lowest BCUT2D eigenvalue weighted by molar-refractivity contribution is -0.122. The summed E-state index contributed by atoms with van der Waals surface area (Å²) in [5.41, 5.74) is 1.89. The minimum atomic E-state index is -0.0828. The molecule has 2 saturated heterocycles. The Morgan fingerprint density at radius 1 is 1.15 bits per heavy atom. The Morgan fingerprint density at radius 3 is 2.76 bits per heavy atom. The lowest BCUT2D eigenvalue weighted by Crippen LogP contribution is -2.41. The van der Waals surface area contributed by atoms with Crippen LogP contribution in [0.15, 0.2) is 30.5 Å². The molecular weight excluding hydrogens is 431 g/mol. The summed E-state index contributed by atoms with van der Waals surface area (Å²) in [4.78, 5) is 34.9. The van der Waals surface area contributed by atoms with Crippen LogP contribution in [-0.4, -0.2) is 73.4 Å². The average molecular weight is 462 g/mol. The Kier molecular flexibility index (Phi) is 8.19. The molecule has 1 atom stereocenters. The number of benzene rings is 1. The minimum absolute atomic E-state index is 0.0596. The van der Waals surface area contributed by atoms with Gasteiger partial charge in [0.2, 0.25) is 11.9 Å². The lowest BCUT2D eigenvalue weighted by atomic mass is 9.99. The second-order valence-electron chi connectivity index (χ2n) is 8.55. The van der Waals surface area contributed by atoms with Crippen molar-refractivity contribution in [3.8, 4) is 0 Å². The summed E-state index contributed by atoms with van der Waals surface area (Å²) in [7, 11) is 6.02. The Balaban J connectivity index is 1.26. The van der Waals surface area contributed by atoms with Crippen LogP contribution in [0, 0.1) is 0 Å². The molecule has 34 heavy (non-hydrogen) atoms. The third-order valence-corrected chi connectivity index (χ3v) is 5.90. The van der Waals surface area contributed by atoms with Gasteiger partial charge in [-0.05, 0) is 62.3 Å².